The van der Waals surface area contributed by atoms with Crippen molar-refractivity contribution in [2.75, 3.05) is 16.0 Å². The Morgan fingerprint density at radius 1 is 1.09 bits per heavy atom. The minimum Gasteiger partial charge on any atom is -0.337 e. The summed E-state index contributed by atoms with van der Waals surface area (Å²) in [5.74, 6) is -1.56. The number of rotatable bonds is 5. The quantitative estimate of drug-likeness (QED) is 0.158. The van der Waals surface area contributed by atoms with Crippen LogP contribution >= 0.6 is 34.5 Å². The van der Waals surface area contributed by atoms with Crippen molar-refractivity contribution in [2.45, 2.75) is 11.1 Å². The molecule has 0 aliphatic carbocycles. The van der Waals surface area contributed by atoms with E-state index < -0.39 is 27.4 Å². The molecule has 2 aromatic carbocycles. The summed E-state index contributed by atoms with van der Waals surface area (Å²) in [4.78, 5) is 29.7. The van der Waals surface area contributed by atoms with Crippen LogP contribution in [0.4, 0.5) is 11.4 Å². The van der Waals surface area contributed by atoms with Gasteiger partial charge in [0.1, 0.15) is 15.1 Å². The monoisotopic (exact) mass is 532 g/mol. The van der Waals surface area contributed by atoms with Gasteiger partial charge in [0, 0.05) is 10.7 Å². The number of aryl methyl sites for hydroxylation is 1. The third-order valence-corrected chi connectivity index (χ3v) is 8.60. The molecule has 0 bridgehead atoms. The normalized spacial score (nSPS) is 13.7. The van der Waals surface area contributed by atoms with E-state index in [9.17, 15) is 18.0 Å². The highest BCUT2D eigenvalue weighted by Crippen LogP contribution is 2.33. The lowest BCUT2D eigenvalue weighted by Crippen LogP contribution is -2.30. The Bertz CT molecular complexity index is 1520. The van der Waals surface area contributed by atoms with E-state index in [4.69, 9.17) is 29.8 Å². The van der Waals surface area contributed by atoms with Crippen LogP contribution < -0.4 is 10.2 Å². The molecule has 2 amide bonds. The van der Waals surface area contributed by atoms with Crippen molar-refractivity contribution >= 4 is 73.4 Å². The average molecular weight is 533 g/mol. The van der Waals surface area contributed by atoms with Crippen LogP contribution in [0.2, 0.25) is 9.36 Å². The largest absolute Gasteiger partial charge is 0.337 e. The first kappa shape index (κ1) is 23.9. The third kappa shape index (κ3) is 4.56. The number of nitrogens with zero attached hydrogens (tertiary/aromatic N) is 3. The fraction of sp³-hybridized carbons (Fsp3) is 0.0909. The summed E-state index contributed by atoms with van der Waals surface area (Å²) in [6.07, 6.45) is 0. The summed E-state index contributed by atoms with van der Waals surface area (Å²) in [7, 11) is -3.77. The molecule has 2 heterocycles. The van der Waals surface area contributed by atoms with Crippen molar-refractivity contribution < 1.29 is 18.0 Å². The van der Waals surface area contributed by atoms with Crippen LogP contribution in [0, 0.1) is 13.5 Å². The number of hydrogen-bond acceptors (Lipinski definition) is 6. The van der Waals surface area contributed by atoms with Crippen LogP contribution in [0.1, 0.15) is 26.3 Å². The van der Waals surface area contributed by atoms with E-state index in [-0.39, 0.29) is 21.2 Å². The number of nitrogens with one attached hydrogen (secondary N) is 1. The van der Waals surface area contributed by atoms with E-state index in [1.165, 1.54) is 24.3 Å². The number of benzene rings is 2. The molecule has 12 heteroatoms. The van der Waals surface area contributed by atoms with Gasteiger partial charge in [-0.05, 0) is 61.0 Å². The Kier molecular flexibility index (Phi) is 6.47. The first-order valence-electron chi connectivity index (χ1n) is 9.58. The highest BCUT2D eigenvalue weighted by Gasteiger charge is 2.37. The zero-order valence-corrected chi connectivity index (χ0v) is 20.5. The van der Waals surface area contributed by atoms with Gasteiger partial charge in [-0.25, -0.2) is 13.3 Å². The molecule has 3 aromatic rings. The van der Waals surface area contributed by atoms with Crippen LogP contribution in [0.25, 0.3) is 4.95 Å². The molecule has 8 nitrogen and oxygen atoms in total. The summed E-state index contributed by atoms with van der Waals surface area (Å²) in [6, 6.07) is 12.1. The van der Waals surface area contributed by atoms with Crippen LogP contribution in [0.15, 0.2) is 57.8 Å². The van der Waals surface area contributed by atoms with E-state index in [0.29, 0.717) is 26.3 Å². The predicted octanol–water partition coefficient (Wildman–Crippen LogP) is 5.28. The summed E-state index contributed by atoms with van der Waals surface area (Å²) in [5.41, 5.74) is 1.87. The minimum atomic E-state index is -3.77. The zero-order valence-electron chi connectivity index (χ0n) is 17.4. The van der Waals surface area contributed by atoms with E-state index in [1.54, 1.807) is 31.2 Å². The van der Waals surface area contributed by atoms with E-state index >= 15 is 0 Å². The smallest absolute Gasteiger partial charge is 0.266 e. The van der Waals surface area contributed by atoms with Gasteiger partial charge in [0.25, 0.3) is 11.8 Å². The van der Waals surface area contributed by atoms with Crippen molar-refractivity contribution in [2.24, 2.45) is 5.10 Å². The lowest BCUT2D eigenvalue weighted by atomic mass is 10.1. The SMILES string of the molecule is [C-]#[N+]/N=C(\CS(=O)(=O)c1ccc(Cl)s1)Nc1ccc(N2C(=O)c3ccc(Cl)cc3C2=O)c(C)c1. The Morgan fingerprint density at radius 2 is 1.82 bits per heavy atom. The number of amides is 2. The lowest BCUT2D eigenvalue weighted by molar-refractivity contribution is 0.0926. The maximum atomic E-state index is 12.9. The number of sulfone groups is 1. The summed E-state index contributed by atoms with van der Waals surface area (Å²) < 4.78 is 25.7. The molecule has 0 saturated heterocycles. The molecule has 0 atom stereocenters. The standard InChI is InChI=1S/C22H14Cl2N4O4S2/c1-12-9-14(26-19(27-25-2)11-34(31,32)20-8-7-18(24)33-20)4-6-17(12)28-21(29)15-5-3-13(23)10-16(15)22(28)30/h3-10H,11H2,1H3,(H,26,27). The van der Waals surface area contributed by atoms with Gasteiger partial charge < -0.3 is 5.32 Å². The molecule has 1 N–H and O–H groups in total. The van der Waals surface area contributed by atoms with Gasteiger partial charge in [-0.3, -0.25) is 9.59 Å². The second-order valence-corrected chi connectivity index (χ2v) is 11.6. The maximum absolute atomic E-state index is 12.9. The van der Waals surface area contributed by atoms with Gasteiger partial charge in [-0.2, -0.15) is 6.57 Å². The van der Waals surface area contributed by atoms with Crippen molar-refractivity contribution in [1.29, 1.82) is 0 Å². The van der Waals surface area contributed by atoms with Gasteiger partial charge >= 0.3 is 0 Å². The van der Waals surface area contributed by atoms with Crippen LogP contribution in [0.5, 0.6) is 0 Å². The van der Waals surface area contributed by atoms with Crippen molar-refractivity contribution in [3.8, 4) is 0 Å². The topological polar surface area (TPSA) is 100 Å². The van der Waals surface area contributed by atoms with Crippen LogP contribution in [-0.2, 0) is 9.84 Å². The molecule has 172 valence electrons. The van der Waals surface area contributed by atoms with Crippen LogP contribution in [0.3, 0.4) is 0 Å². The number of anilines is 2. The maximum Gasteiger partial charge on any atom is 0.266 e. The molecular formula is C22H14Cl2N4O4S2. The van der Waals surface area contributed by atoms with Gasteiger partial charge in [-0.1, -0.05) is 23.2 Å². The molecule has 0 spiro atoms. The highest BCUT2D eigenvalue weighted by atomic mass is 35.5. The fourth-order valence-corrected chi connectivity index (χ4v) is 6.40. The Balaban J connectivity index is 1.58. The molecule has 4 rings (SSSR count). The molecule has 1 aliphatic heterocycles. The second kappa shape index (κ2) is 9.19. The Labute approximate surface area is 209 Å². The van der Waals surface area contributed by atoms with Gasteiger partial charge in [0.15, 0.2) is 9.84 Å². The van der Waals surface area contributed by atoms with E-state index in [1.807, 2.05) is 0 Å². The molecular weight excluding hydrogens is 519 g/mol. The van der Waals surface area contributed by atoms with Crippen LogP contribution in [-0.4, -0.2) is 31.8 Å². The lowest BCUT2D eigenvalue weighted by Gasteiger charge is -2.18. The second-order valence-electron chi connectivity index (χ2n) is 7.23. The van der Waals surface area contributed by atoms with Gasteiger partial charge in [-0.15, -0.1) is 16.3 Å². The van der Waals surface area contributed by atoms with Crippen molar-refractivity contribution in [1.82, 2.24) is 0 Å². The zero-order chi connectivity index (χ0) is 24.6. The summed E-state index contributed by atoms with van der Waals surface area (Å²) >= 11 is 12.7. The molecule has 0 radical (unpaired) electrons. The van der Waals surface area contributed by atoms with E-state index in [2.05, 4.69) is 15.4 Å². The average Bonchev–Trinajstić information content (AvgIpc) is 3.31. The number of fused-ring (bicyclic) bond motifs is 1. The Hall–Kier alpha value is -3.23. The van der Waals surface area contributed by atoms with E-state index in [0.717, 1.165) is 16.2 Å². The van der Waals surface area contributed by atoms with Crippen molar-refractivity contribution in [3.63, 3.8) is 0 Å². The predicted molar refractivity (Wildman–Crippen MR) is 133 cm³/mol. The number of imide groups is 1. The summed E-state index contributed by atoms with van der Waals surface area (Å²) in [6.45, 7) is 8.72. The number of carbonyl (C=O) groups excluding carboxylic acids is 2. The molecule has 0 unspecified atom stereocenters. The summed E-state index contributed by atoms with van der Waals surface area (Å²) in [5, 5.41) is 6.78. The number of halogens is 2. The van der Waals surface area contributed by atoms with Crippen molar-refractivity contribution in [3.05, 3.63) is 86.1 Å². The number of hydrogen-bond donors (Lipinski definition) is 1. The number of thiophene rings is 1. The van der Waals surface area contributed by atoms with Gasteiger partial charge in [0.05, 0.1) is 21.2 Å². The highest BCUT2D eigenvalue weighted by molar-refractivity contribution is 7.94. The number of carbonyl (C=O) groups is 2. The minimum absolute atomic E-state index is 0.0641. The molecule has 0 fully saturated rings. The third-order valence-electron chi connectivity index (χ3n) is 4.93. The molecule has 1 aromatic heterocycles. The first-order chi connectivity index (χ1) is 16.1. The molecule has 1 aliphatic rings. The fourth-order valence-electron chi connectivity index (χ4n) is 3.45. The molecule has 34 heavy (non-hydrogen) atoms. The first-order valence-corrected chi connectivity index (χ1v) is 12.8. The Morgan fingerprint density at radius 3 is 2.47 bits per heavy atom. The molecule has 0 saturated carbocycles. The number of amidine groups is 1. The van der Waals surface area contributed by atoms with Gasteiger partial charge in [0.2, 0.25) is 5.84 Å².